The number of ether oxygens (including phenoxy) is 1. The fourth-order valence-corrected chi connectivity index (χ4v) is 4.10. The molecule has 1 aliphatic rings. The summed E-state index contributed by atoms with van der Waals surface area (Å²) in [6, 6.07) is 11.1. The van der Waals surface area contributed by atoms with Gasteiger partial charge in [0.15, 0.2) is 0 Å². The van der Waals surface area contributed by atoms with Gasteiger partial charge >= 0.3 is 0 Å². The molecule has 0 saturated carbocycles. The molecule has 176 valence electrons. The maximum Gasteiger partial charge on any atom is 0.255 e. The molecule has 4 aromatic rings. The van der Waals surface area contributed by atoms with Crippen molar-refractivity contribution in [3.8, 4) is 22.9 Å². The Bertz CT molecular complexity index is 1320. The minimum atomic E-state index is -0.331. The molecular formula is C26H23FN6O2. The van der Waals surface area contributed by atoms with Gasteiger partial charge in [0.25, 0.3) is 5.91 Å². The molecule has 4 heterocycles. The van der Waals surface area contributed by atoms with Crippen molar-refractivity contribution in [2.75, 3.05) is 13.1 Å². The smallest absolute Gasteiger partial charge is 0.255 e. The standard InChI is InChI=1S/C26H23FN6O2/c1-17-11-24(35-22-7-5-21(27)6-8-22)32-25(31-17)19-3-2-10-33(15-19)26(34)18-4-9-23(30-14-18)20-12-28-16-29-13-20/h4-9,11-14,16,19H,2-3,10,15H2,1H3. The van der Waals surface area contributed by atoms with Gasteiger partial charge in [-0.25, -0.2) is 19.3 Å². The molecule has 0 N–H and O–H groups in total. The van der Waals surface area contributed by atoms with E-state index in [0.717, 1.165) is 24.1 Å². The normalized spacial score (nSPS) is 15.6. The van der Waals surface area contributed by atoms with Crippen molar-refractivity contribution in [3.63, 3.8) is 0 Å². The molecule has 1 unspecified atom stereocenters. The van der Waals surface area contributed by atoms with E-state index in [1.165, 1.54) is 18.5 Å². The summed E-state index contributed by atoms with van der Waals surface area (Å²) < 4.78 is 19.0. The van der Waals surface area contributed by atoms with Crippen LogP contribution in [0.2, 0.25) is 0 Å². The average Bonchev–Trinajstić information content (AvgIpc) is 2.90. The highest BCUT2D eigenvalue weighted by molar-refractivity contribution is 5.94. The maximum absolute atomic E-state index is 13.2. The summed E-state index contributed by atoms with van der Waals surface area (Å²) in [5.41, 5.74) is 2.79. The molecule has 1 aliphatic heterocycles. The molecule has 1 atom stereocenters. The van der Waals surface area contributed by atoms with Gasteiger partial charge in [0.1, 0.15) is 23.7 Å². The minimum absolute atomic E-state index is 0.0168. The third-order valence-corrected chi connectivity index (χ3v) is 5.82. The first-order valence-electron chi connectivity index (χ1n) is 11.3. The second-order valence-corrected chi connectivity index (χ2v) is 8.41. The molecule has 5 rings (SSSR count). The van der Waals surface area contributed by atoms with E-state index in [1.807, 2.05) is 11.8 Å². The predicted molar refractivity (Wildman–Crippen MR) is 126 cm³/mol. The Hall–Kier alpha value is -4.27. The van der Waals surface area contributed by atoms with Gasteiger partial charge in [-0.15, -0.1) is 0 Å². The molecule has 0 bridgehead atoms. The quantitative estimate of drug-likeness (QED) is 0.421. The SMILES string of the molecule is Cc1cc(Oc2ccc(F)cc2)nc(C2CCCN(C(=O)c3ccc(-c4cncnc4)nc3)C2)n1. The van der Waals surface area contributed by atoms with E-state index < -0.39 is 0 Å². The molecule has 0 radical (unpaired) electrons. The lowest BCUT2D eigenvalue weighted by Crippen LogP contribution is -2.39. The minimum Gasteiger partial charge on any atom is -0.439 e. The molecule has 1 fully saturated rings. The summed E-state index contributed by atoms with van der Waals surface area (Å²) in [4.78, 5) is 36.7. The number of aromatic nitrogens is 5. The van der Waals surface area contributed by atoms with Gasteiger partial charge in [-0.05, 0) is 56.2 Å². The molecule has 1 saturated heterocycles. The van der Waals surface area contributed by atoms with E-state index in [9.17, 15) is 9.18 Å². The number of hydrogen-bond donors (Lipinski definition) is 0. The largest absolute Gasteiger partial charge is 0.439 e. The lowest BCUT2D eigenvalue weighted by atomic mass is 9.96. The van der Waals surface area contributed by atoms with Crippen LogP contribution < -0.4 is 4.74 Å². The van der Waals surface area contributed by atoms with E-state index in [2.05, 4.69) is 24.9 Å². The van der Waals surface area contributed by atoms with Crippen LogP contribution in [-0.4, -0.2) is 48.8 Å². The van der Waals surface area contributed by atoms with Crippen LogP contribution in [0.25, 0.3) is 11.3 Å². The van der Waals surface area contributed by atoms with Crippen molar-refractivity contribution in [2.24, 2.45) is 0 Å². The van der Waals surface area contributed by atoms with E-state index in [0.29, 0.717) is 41.8 Å². The maximum atomic E-state index is 13.2. The number of halogens is 1. The highest BCUT2D eigenvalue weighted by Crippen LogP contribution is 2.28. The fraction of sp³-hybridized carbons (Fsp3) is 0.231. The van der Waals surface area contributed by atoms with Crippen molar-refractivity contribution < 1.29 is 13.9 Å². The Labute approximate surface area is 201 Å². The van der Waals surface area contributed by atoms with Gasteiger partial charge in [0, 0.05) is 54.9 Å². The summed E-state index contributed by atoms with van der Waals surface area (Å²) in [5, 5.41) is 0. The molecule has 8 nitrogen and oxygen atoms in total. The molecule has 9 heteroatoms. The number of likely N-dealkylation sites (tertiary alicyclic amines) is 1. The summed E-state index contributed by atoms with van der Waals surface area (Å²) in [5.74, 6) is 1.10. The van der Waals surface area contributed by atoms with Crippen LogP contribution >= 0.6 is 0 Å². The summed E-state index contributed by atoms with van der Waals surface area (Å²) in [6.07, 6.45) is 8.13. The third-order valence-electron chi connectivity index (χ3n) is 5.82. The summed E-state index contributed by atoms with van der Waals surface area (Å²) >= 11 is 0. The second kappa shape index (κ2) is 9.92. The first kappa shape index (κ1) is 22.5. The third kappa shape index (κ3) is 5.29. The van der Waals surface area contributed by atoms with Crippen LogP contribution in [0.1, 0.15) is 40.6 Å². The summed E-state index contributed by atoms with van der Waals surface area (Å²) in [7, 11) is 0. The first-order valence-corrected chi connectivity index (χ1v) is 11.3. The van der Waals surface area contributed by atoms with Gasteiger partial charge in [-0.3, -0.25) is 9.78 Å². The van der Waals surface area contributed by atoms with Gasteiger partial charge in [0.2, 0.25) is 5.88 Å². The summed E-state index contributed by atoms with van der Waals surface area (Å²) in [6.45, 7) is 3.04. The van der Waals surface area contributed by atoms with Crippen LogP contribution in [0.15, 0.2) is 67.4 Å². The topological polar surface area (TPSA) is 94.0 Å². The zero-order valence-electron chi connectivity index (χ0n) is 19.1. The van der Waals surface area contributed by atoms with E-state index >= 15 is 0 Å². The first-order chi connectivity index (χ1) is 17.0. The van der Waals surface area contributed by atoms with Crippen LogP contribution in [0, 0.1) is 12.7 Å². The zero-order chi connectivity index (χ0) is 24.2. The lowest BCUT2D eigenvalue weighted by molar-refractivity contribution is 0.0704. The number of pyridine rings is 1. The Morgan fingerprint density at radius 1 is 1.06 bits per heavy atom. The highest BCUT2D eigenvalue weighted by Gasteiger charge is 2.28. The molecule has 0 spiro atoms. The van der Waals surface area contributed by atoms with E-state index in [1.54, 1.807) is 48.9 Å². The Kier molecular flexibility index (Phi) is 6.38. The Morgan fingerprint density at radius 2 is 1.86 bits per heavy atom. The fourth-order valence-electron chi connectivity index (χ4n) is 4.10. The number of hydrogen-bond acceptors (Lipinski definition) is 7. The number of piperidine rings is 1. The lowest BCUT2D eigenvalue weighted by Gasteiger charge is -2.32. The van der Waals surface area contributed by atoms with E-state index in [-0.39, 0.29) is 17.6 Å². The average molecular weight is 471 g/mol. The Balaban J connectivity index is 1.30. The van der Waals surface area contributed by atoms with E-state index in [4.69, 9.17) is 4.74 Å². The molecule has 3 aromatic heterocycles. The van der Waals surface area contributed by atoms with Crippen LogP contribution in [0.3, 0.4) is 0 Å². The monoisotopic (exact) mass is 470 g/mol. The number of rotatable bonds is 5. The second-order valence-electron chi connectivity index (χ2n) is 8.41. The van der Waals surface area contributed by atoms with Crippen molar-refractivity contribution in [1.29, 1.82) is 0 Å². The number of carbonyl (C=O) groups excluding carboxylic acids is 1. The van der Waals surface area contributed by atoms with Crippen molar-refractivity contribution in [3.05, 3.63) is 90.3 Å². The molecule has 35 heavy (non-hydrogen) atoms. The molecule has 1 aromatic carbocycles. The van der Waals surface area contributed by atoms with Crippen LogP contribution in [-0.2, 0) is 0 Å². The Morgan fingerprint density at radius 3 is 2.60 bits per heavy atom. The number of aryl methyl sites for hydroxylation is 1. The van der Waals surface area contributed by atoms with Crippen molar-refractivity contribution in [2.45, 2.75) is 25.7 Å². The van der Waals surface area contributed by atoms with Crippen LogP contribution in [0.5, 0.6) is 11.6 Å². The van der Waals surface area contributed by atoms with Gasteiger partial charge in [-0.2, -0.15) is 4.98 Å². The molecule has 0 aliphatic carbocycles. The van der Waals surface area contributed by atoms with Gasteiger partial charge < -0.3 is 9.64 Å². The number of benzene rings is 1. The van der Waals surface area contributed by atoms with Crippen LogP contribution in [0.4, 0.5) is 4.39 Å². The van der Waals surface area contributed by atoms with Gasteiger partial charge in [-0.1, -0.05) is 0 Å². The molecular weight excluding hydrogens is 447 g/mol. The zero-order valence-corrected chi connectivity index (χ0v) is 19.1. The predicted octanol–water partition coefficient (Wildman–Crippen LogP) is 4.59. The molecule has 1 amide bonds. The number of carbonyl (C=O) groups is 1. The van der Waals surface area contributed by atoms with Crippen molar-refractivity contribution >= 4 is 5.91 Å². The van der Waals surface area contributed by atoms with Crippen molar-refractivity contribution in [1.82, 2.24) is 29.8 Å². The van der Waals surface area contributed by atoms with Gasteiger partial charge in [0.05, 0.1) is 11.3 Å². The number of amides is 1. The number of nitrogens with zero attached hydrogens (tertiary/aromatic N) is 6. The highest BCUT2D eigenvalue weighted by atomic mass is 19.1.